The highest BCUT2D eigenvalue weighted by Crippen LogP contribution is 2.40. The van der Waals surface area contributed by atoms with E-state index in [9.17, 15) is 9.50 Å². The second kappa shape index (κ2) is 4.65. The fraction of sp³-hybridized carbons (Fsp3) is 0.538. The number of ether oxygens (including phenoxy) is 2. The minimum absolute atomic E-state index is 0.0295. The van der Waals surface area contributed by atoms with Crippen LogP contribution < -0.4 is 14.8 Å². The van der Waals surface area contributed by atoms with Gasteiger partial charge < -0.3 is 19.9 Å². The summed E-state index contributed by atoms with van der Waals surface area (Å²) >= 11 is 0. The Labute approximate surface area is 105 Å². The molecule has 1 fully saturated rings. The van der Waals surface area contributed by atoms with Gasteiger partial charge in [-0.15, -0.1) is 0 Å². The van der Waals surface area contributed by atoms with Gasteiger partial charge in [-0.1, -0.05) is 0 Å². The van der Waals surface area contributed by atoms with Crippen molar-refractivity contribution in [1.82, 2.24) is 5.32 Å². The van der Waals surface area contributed by atoms with Crippen LogP contribution in [-0.4, -0.2) is 30.9 Å². The summed E-state index contributed by atoms with van der Waals surface area (Å²) in [5.74, 6) is -0.598. The van der Waals surface area contributed by atoms with Crippen molar-refractivity contribution >= 4 is 0 Å². The van der Waals surface area contributed by atoms with Crippen molar-refractivity contribution in [1.29, 1.82) is 0 Å². The second-order valence-corrected chi connectivity index (χ2v) is 4.72. The Morgan fingerprint density at radius 1 is 1.39 bits per heavy atom. The molecule has 98 valence electrons. The minimum Gasteiger partial charge on any atom is -0.505 e. The van der Waals surface area contributed by atoms with Gasteiger partial charge in [-0.3, -0.25) is 0 Å². The van der Waals surface area contributed by atoms with Crippen molar-refractivity contribution in [2.24, 2.45) is 0 Å². The van der Waals surface area contributed by atoms with Crippen molar-refractivity contribution < 1.29 is 19.0 Å². The molecule has 0 radical (unpaired) electrons. The number of aromatic hydroxyl groups is 1. The molecule has 4 nitrogen and oxygen atoms in total. The van der Waals surface area contributed by atoms with Crippen LogP contribution >= 0.6 is 0 Å². The molecule has 2 aliphatic rings. The molecule has 5 heteroatoms. The van der Waals surface area contributed by atoms with E-state index in [1.54, 1.807) is 6.07 Å². The first-order chi connectivity index (χ1) is 8.75. The van der Waals surface area contributed by atoms with Crippen LogP contribution in [0, 0.1) is 5.82 Å². The molecule has 0 bridgehead atoms. The van der Waals surface area contributed by atoms with Crippen molar-refractivity contribution in [3.63, 3.8) is 0 Å². The zero-order chi connectivity index (χ0) is 12.5. The predicted octanol–water partition coefficient (Wildman–Crippen LogP) is 1.60. The van der Waals surface area contributed by atoms with Gasteiger partial charge in [0.05, 0.1) is 0 Å². The van der Waals surface area contributed by atoms with Gasteiger partial charge in [0.15, 0.2) is 11.5 Å². The number of phenols is 1. The van der Waals surface area contributed by atoms with E-state index in [1.165, 1.54) is 0 Å². The lowest BCUT2D eigenvalue weighted by molar-refractivity contribution is 0.162. The lowest BCUT2D eigenvalue weighted by atomic mass is 10.0. The molecule has 1 saturated heterocycles. The standard InChI is InChI=1S/C13H16FNO3/c14-11-12(16)8(6-9-2-1-3-15-9)7-10-13(11)18-5-4-17-10/h7,9,15-16H,1-6H2. The molecule has 1 atom stereocenters. The molecule has 0 spiro atoms. The number of fused-ring (bicyclic) bond motifs is 1. The maximum atomic E-state index is 13.9. The summed E-state index contributed by atoms with van der Waals surface area (Å²) in [5, 5.41) is 13.2. The molecular weight excluding hydrogens is 237 g/mol. The van der Waals surface area contributed by atoms with Crippen molar-refractivity contribution in [2.75, 3.05) is 19.8 Å². The lowest BCUT2D eigenvalue weighted by Crippen LogP contribution is -2.24. The zero-order valence-electron chi connectivity index (χ0n) is 10.0. The number of rotatable bonds is 2. The van der Waals surface area contributed by atoms with Gasteiger partial charge in [0.1, 0.15) is 13.2 Å². The Morgan fingerprint density at radius 2 is 2.22 bits per heavy atom. The summed E-state index contributed by atoms with van der Waals surface area (Å²) in [6, 6.07) is 1.99. The molecule has 3 rings (SSSR count). The lowest BCUT2D eigenvalue weighted by Gasteiger charge is -2.21. The van der Waals surface area contributed by atoms with Crippen LogP contribution in [0.1, 0.15) is 18.4 Å². The van der Waals surface area contributed by atoms with Crippen LogP contribution in [0.15, 0.2) is 6.07 Å². The van der Waals surface area contributed by atoms with E-state index in [-0.39, 0.29) is 11.5 Å². The predicted molar refractivity (Wildman–Crippen MR) is 63.8 cm³/mol. The normalized spacial score (nSPS) is 22.2. The number of halogens is 1. The van der Waals surface area contributed by atoms with Gasteiger partial charge in [0.2, 0.25) is 11.6 Å². The number of benzene rings is 1. The Balaban J connectivity index is 1.91. The zero-order valence-corrected chi connectivity index (χ0v) is 10.0. The molecule has 1 unspecified atom stereocenters. The van der Waals surface area contributed by atoms with Gasteiger partial charge in [-0.25, -0.2) is 0 Å². The highest BCUT2D eigenvalue weighted by atomic mass is 19.1. The maximum absolute atomic E-state index is 13.9. The molecule has 2 heterocycles. The first kappa shape index (κ1) is 11.6. The SMILES string of the molecule is Oc1c(CC2CCCN2)cc2c(c1F)OCCO2. The van der Waals surface area contributed by atoms with Gasteiger partial charge >= 0.3 is 0 Å². The highest BCUT2D eigenvalue weighted by molar-refractivity contribution is 5.52. The van der Waals surface area contributed by atoms with Gasteiger partial charge in [0.25, 0.3) is 0 Å². The summed E-state index contributed by atoms with van der Waals surface area (Å²) < 4.78 is 24.5. The summed E-state index contributed by atoms with van der Waals surface area (Å²) in [5.41, 5.74) is 0.580. The van der Waals surface area contributed by atoms with Crippen LogP contribution in [-0.2, 0) is 6.42 Å². The van der Waals surface area contributed by atoms with Crippen molar-refractivity contribution in [3.05, 3.63) is 17.4 Å². The Morgan fingerprint density at radius 3 is 3.00 bits per heavy atom. The average Bonchev–Trinajstić information content (AvgIpc) is 2.89. The van der Waals surface area contributed by atoms with E-state index in [1.807, 2.05) is 0 Å². The molecule has 0 aliphatic carbocycles. The molecule has 18 heavy (non-hydrogen) atoms. The molecule has 2 aliphatic heterocycles. The molecule has 1 aromatic rings. The first-order valence-electron chi connectivity index (χ1n) is 6.29. The third kappa shape index (κ3) is 1.99. The summed E-state index contributed by atoms with van der Waals surface area (Å²) in [6.07, 6.45) is 2.79. The Kier molecular flexibility index (Phi) is 2.99. The van der Waals surface area contributed by atoms with Gasteiger partial charge in [-0.05, 0) is 31.9 Å². The summed E-state index contributed by atoms with van der Waals surface area (Å²) in [4.78, 5) is 0. The van der Waals surface area contributed by atoms with E-state index in [0.29, 0.717) is 37.0 Å². The van der Waals surface area contributed by atoms with Gasteiger partial charge in [-0.2, -0.15) is 4.39 Å². The van der Waals surface area contributed by atoms with Crippen molar-refractivity contribution in [2.45, 2.75) is 25.3 Å². The number of hydrogen-bond acceptors (Lipinski definition) is 4. The molecule has 0 amide bonds. The molecule has 0 aromatic heterocycles. The smallest absolute Gasteiger partial charge is 0.210 e. The van der Waals surface area contributed by atoms with Crippen LogP contribution in [0.2, 0.25) is 0 Å². The summed E-state index contributed by atoms with van der Waals surface area (Å²) in [7, 11) is 0. The highest BCUT2D eigenvalue weighted by Gasteiger charge is 2.25. The van der Waals surface area contributed by atoms with E-state index >= 15 is 0 Å². The van der Waals surface area contributed by atoms with E-state index in [2.05, 4.69) is 5.32 Å². The number of hydrogen-bond donors (Lipinski definition) is 2. The Bertz CT molecular complexity index is 458. The van der Waals surface area contributed by atoms with Crippen LogP contribution in [0.25, 0.3) is 0 Å². The molecule has 1 aromatic carbocycles. The van der Waals surface area contributed by atoms with Crippen LogP contribution in [0.3, 0.4) is 0 Å². The third-order valence-electron chi connectivity index (χ3n) is 3.46. The monoisotopic (exact) mass is 253 g/mol. The maximum Gasteiger partial charge on any atom is 0.210 e. The molecule has 2 N–H and O–H groups in total. The number of phenolic OH excluding ortho intramolecular Hbond substituents is 1. The fourth-order valence-corrected chi connectivity index (χ4v) is 2.54. The fourth-order valence-electron chi connectivity index (χ4n) is 2.54. The van der Waals surface area contributed by atoms with E-state index < -0.39 is 5.82 Å². The summed E-state index contributed by atoms with van der Waals surface area (Å²) in [6.45, 7) is 1.71. The Hall–Kier alpha value is -1.49. The largest absolute Gasteiger partial charge is 0.505 e. The average molecular weight is 253 g/mol. The third-order valence-corrected chi connectivity index (χ3v) is 3.46. The van der Waals surface area contributed by atoms with Crippen LogP contribution in [0.5, 0.6) is 17.2 Å². The van der Waals surface area contributed by atoms with E-state index in [4.69, 9.17) is 9.47 Å². The second-order valence-electron chi connectivity index (χ2n) is 4.72. The molecular formula is C13H16FNO3. The number of nitrogens with one attached hydrogen (secondary N) is 1. The van der Waals surface area contributed by atoms with Crippen LogP contribution in [0.4, 0.5) is 4.39 Å². The first-order valence-corrected chi connectivity index (χ1v) is 6.29. The minimum atomic E-state index is -0.708. The quantitative estimate of drug-likeness (QED) is 0.840. The topological polar surface area (TPSA) is 50.7 Å². The molecule has 0 saturated carbocycles. The van der Waals surface area contributed by atoms with Crippen molar-refractivity contribution in [3.8, 4) is 17.2 Å². The van der Waals surface area contributed by atoms with Gasteiger partial charge in [0, 0.05) is 11.6 Å². The van der Waals surface area contributed by atoms with E-state index in [0.717, 1.165) is 19.4 Å².